The molecular formula is C28H42N2O9. The second-order valence-corrected chi connectivity index (χ2v) is 8.11. The highest BCUT2D eigenvalue weighted by Gasteiger charge is 1.99. The van der Waals surface area contributed by atoms with Crippen molar-refractivity contribution < 1.29 is 42.7 Å². The third-order valence-electron chi connectivity index (χ3n) is 4.94. The van der Waals surface area contributed by atoms with E-state index in [1.54, 1.807) is 30.3 Å². The summed E-state index contributed by atoms with van der Waals surface area (Å²) in [6.45, 7) is 8.21. The van der Waals surface area contributed by atoms with Gasteiger partial charge in [-0.3, -0.25) is 4.79 Å². The third-order valence-corrected chi connectivity index (χ3v) is 4.94. The lowest BCUT2D eigenvalue weighted by molar-refractivity contribution is -0.114. The summed E-state index contributed by atoms with van der Waals surface area (Å²) in [6.07, 6.45) is 0. The SMILES string of the molecule is CC(=O)Nc1ccc(OCCOCCOCCOCCOCCOCCOCCOc2ccccc2N)cc1. The summed E-state index contributed by atoms with van der Waals surface area (Å²) in [5, 5.41) is 2.71. The molecule has 39 heavy (non-hydrogen) atoms. The first-order valence-electron chi connectivity index (χ1n) is 13.1. The zero-order valence-electron chi connectivity index (χ0n) is 22.8. The van der Waals surface area contributed by atoms with Gasteiger partial charge >= 0.3 is 0 Å². The quantitative estimate of drug-likeness (QED) is 0.149. The lowest BCUT2D eigenvalue weighted by Gasteiger charge is -2.10. The molecule has 0 fully saturated rings. The number of hydrogen-bond donors (Lipinski definition) is 2. The fourth-order valence-electron chi connectivity index (χ4n) is 3.08. The van der Waals surface area contributed by atoms with Gasteiger partial charge in [-0.15, -0.1) is 0 Å². The average molecular weight is 551 g/mol. The first kappa shape index (κ1) is 32.3. The van der Waals surface area contributed by atoms with Crippen molar-refractivity contribution in [1.29, 1.82) is 0 Å². The van der Waals surface area contributed by atoms with Crippen molar-refractivity contribution in [1.82, 2.24) is 0 Å². The molecule has 0 radical (unpaired) electrons. The molecule has 0 heterocycles. The molecular weight excluding hydrogens is 508 g/mol. The molecule has 0 spiro atoms. The van der Waals surface area contributed by atoms with Crippen LogP contribution in [-0.4, -0.2) is 98.4 Å². The van der Waals surface area contributed by atoms with Crippen LogP contribution in [0.5, 0.6) is 11.5 Å². The Morgan fingerprint density at radius 1 is 0.590 bits per heavy atom. The summed E-state index contributed by atoms with van der Waals surface area (Å²) in [4.78, 5) is 11.0. The normalized spacial score (nSPS) is 10.9. The topological polar surface area (TPSA) is 129 Å². The second kappa shape index (κ2) is 21.9. The highest BCUT2D eigenvalue weighted by Crippen LogP contribution is 2.19. The van der Waals surface area contributed by atoms with E-state index in [9.17, 15) is 4.79 Å². The Balaban J connectivity index is 1.23. The van der Waals surface area contributed by atoms with Gasteiger partial charge in [-0.2, -0.15) is 0 Å². The molecule has 0 aliphatic heterocycles. The number of para-hydroxylation sites is 2. The van der Waals surface area contributed by atoms with Crippen LogP contribution in [0.15, 0.2) is 48.5 Å². The highest BCUT2D eigenvalue weighted by atomic mass is 16.6. The standard InChI is InChI=1S/C28H42N2O9/c1-24(31)30-25-6-8-26(9-7-25)38-22-20-36-18-16-34-14-12-32-10-11-33-13-15-35-17-19-37-21-23-39-28-5-3-2-4-27(28)29/h2-9H,10-23,29H2,1H3,(H,30,31). The molecule has 0 aliphatic carbocycles. The van der Waals surface area contributed by atoms with Crippen molar-refractivity contribution in [3.05, 3.63) is 48.5 Å². The molecule has 11 heteroatoms. The number of rotatable bonds is 24. The monoisotopic (exact) mass is 550 g/mol. The highest BCUT2D eigenvalue weighted by molar-refractivity contribution is 5.88. The average Bonchev–Trinajstić information content (AvgIpc) is 2.93. The van der Waals surface area contributed by atoms with E-state index in [1.807, 2.05) is 18.2 Å². The van der Waals surface area contributed by atoms with E-state index in [4.69, 9.17) is 43.6 Å². The molecule has 0 unspecified atom stereocenters. The van der Waals surface area contributed by atoms with Gasteiger partial charge in [0.25, 0.3) is 0 Å². The zero-order valence-corrected chi connectivity index (χ0v) is 22.8. The first-order chi connectivity index (χ1) is 19.1. The molecule has 0 aliphatic rings. The Morgan fingerprint density at radius 3 is 1.44 bits per heavy atom. The van der Waals surface area contributed by atoms with Gasteiger partial charge in [0.05, 0.1) is 85.0 Å². The van der Waals surface area contributed by atoms with Gasteiger partial charge in [-0.25, -0.2) is 0 Å². The van der Waals surface area contributed by atoms with Crippen LogP contribution >= 0.6 is 0 Å². The molecule has 0 aromatic heterocycles. The Morgan fingerprint density at radius 2 is 1.00 bits per heavy atom. The number of anilines is 2. The summed E-state index contributed by atoms with van der Waals surface area (Å²) in [6, 6.07) is 14.5. The Hall–Kier alpha value is -2.93. The summed E-state index contributed by atoms with van der Waals surface area (Å²) in [7, 11) is 0. The van der Waals surface area contributed by atoms with Crippen molar-refractivity contribution in [2.24, 2.45) is 0 Å². The van der Waals surface area contributed by atoms with Gasteiger partial charge in [0.15, 0.2) is 0 Å². The van der Waals surface area contributed by atoms with E-state index >= 15 is 0 Å². The number of benzene rings is 2. The number of nitrogens with one attached hydrogen (secondary N) is 1. The van der Waals surface area contributed by atoms with Crippen LogP contribution < -0.4 is 20.5 Å². The maximum absolute atomic E-state index is 11.0. The van der Waals surface area contributed by atoms with E-state index < -0.39 is 0 Å². The van der Waals surface area contributed by atoms with Crippen LogP contribution in [0.4, 0.5) is 11.4 Å². The maximum atomic E-state index is 11.0. The molecule has 0 saturated heterocycles. The predicted octanol–water partition coefficient (Wildman–Crippen LogP) is 2.78. The number of amides is 1. The number of hydrogen-bond acceptors (Lipinski definition) is 10. The molecule has 3 N–H and O–H groups in total. The smallest absolute Gasteiger partial charge is 0.221 e. The lowest BCUT2D eigenvalue weighted by atomic mass is 10.3. The third kappa shape index (κ3) is 17.3. The summed E-state index contributed by atoms with van der Waals surface area (Å²) >= 11 is 0. The fourth-order valence-corrected chi connectivity index (χ4v) is 3.08. The van der Waals surface area contributed by atoms with Crippen LogP contribution in [0.3, 0.4) is 0 Å². The zero-order chi connectivity index (χ0) is 27.8. The van der Waals surface area contributed by atoms with Crippen LogP contribution in [0.1, 0.15) is 6.92 Å². The fraction of sp³-hybridized carbons (Fsp3) is 0.536. The minimum absolute atomic E-state index is 0.107. The molecule has 1 amide bonds. The van der Waals surface area contributed by atoms with Crippen molar-refractivity contribution in [2.75, 3.05) is 104 Å². The molecule has 0 atom stereocenters. The summed E-state index contributed by atoms with van der Waals surface area (Å²) in [5.74, 6) is 1.28. The van der Waals surface area contributed by atoms with Gasteiger partial charge in [0.2, 0.25) is 5.91 Å². The van der Waals surface area contributed by atoms with Gasteiger partial charge in [-0.05, 0) is 36.4 Å². The number of nitrogens with two attached hydrogens (primary N) is 1. The largest absolute Gasteiger partial charge is 0.491 e. The number of carbonyl (C=O) groups excluding carboxylic acids is 1. The summed E-state index contributed by atoms with van der Waals surface area (Å²) < 4.78 is 43.9. The van der Waals surface area contributed by atoms with Gasteiger partial charge < -0.3 is 48.9 Å². The van der Waals surface area contributed by atoms with Gasteiger partial charge in [0.1, 0.15) is 24.7 Å². The number of carbonyl (C=O) groups is 1. The maximum Gasteiger partial charge on any atom is 0.221 e. The van der Waals surface area contributed by atoms with Crippen LogP contribution in [0.2, 0.25) is 0 Å². The molecule has 2 aromatic carbocycles. The Bertz CT molecular complexity index is 884. The number of nitrogen functional groups attached to an aromatic ring is 1. The molecule has 218 valence electrons. The van der Waals surface area contributed by atoms with Crippen LogP contribution in [-0.2, 0) is 33.2 Å². The van der Waals surface area contributed by atoms with Gasteiger partial charge in [0, 0.05) is 12.6 Å². The second-order valence-electron chi connectivity index (χ2n) is 8.11. The predicted molar refractivity (Wildman–Crippen MR) is 148 cm³/mol. The number of ether oxygens (including phenoxy) is 8. The van der Waals surface area contributed by atoms with Crippen molar-refractivity contribution >= 4 is 17.3 Å². The lowest BCUT2D eigenvalue weighted by Crippen LogP contribution is -2.15. The van der Waals surface area contributed by atoms with Crippen LogP contribution in [0.25, 0.3) is 0 Å². The summed E-state index contributed by atoms with van der Waals surface area (Å²) in [5.41, 5.74) is 7.16. The van der Waals surface area contributed by atoms with Crippen LogP contribution in [0, 0.1) is 0 Å². The van der Waals surface area contributed by atoms with E-state index in [-0.39, 0.29) is 5.91 Å². The first-order valence-corrected chi connectivity index (χ1v) is 13.1. The van der Waals surface area contributed by atoms with E-state index in [0.29, 0.717) is 104 Å². The van der Waals surface area contributed by atoms with Gasteiger partial charge in [-0.1, -0.05) is 12.1 Å². The minimum Gasteiger partial charge on any atom is -0.491 e. The molecule has 0 saturated carbocycles. The molecule has 0 bridgehead atoms. The van der Waals surface area contributed by atoms with E-state index in [1.165, 1.54) is 6.92 Å². The molecule has 11 nitrogen and oxygen atoms in total. The Labute approximate surface area is 230 Å². The molecule has 2 rings (SSSR count). The van der Waals surface area contributed by atoms with Crippen molar-refractivity contribution in [3.63, 3.8) is 0 Å². The van der Waals surface area contributed by atoms with Crippen molar-refractivity contribution in [3.8, 4) is 11.5 Å². The minimum atomic E-state index is -0.107. The molecule has 2 aromatic rings. The van der Waals surface area contributed by atoms with E-state index in [0.717, 1.165) is 11.4 Å². The Kier molecular flexibility index (Phi) is 18.2. The van der Waals surface area contributed by atoms with E-state index in [2.05, 4.69) is 5.32 Å². The van der Waals surface area contributed by atoms with Crippen molar-refractivity contribution in [2.45, 2.75) is 6.92 Å².